The molecule has 0 aliphatic carbocycles. The molecule has 0 aliphatic heterocycles. The molecule has 2 aromatic rings. The molecule has 0 aliphatic rings. The third-order valence-corrected chi connectivity index (χ3v) is 2.72. The van der Waals surface area contributed by atoms with E-state index >= 15 is 0 Å². The van der Waals surface area contributed by atoms with Crippen molar-refractivity contribution < 1.29 is 9.90 Å². The highest BCUT2D eigenvalue weighted by atomic mass is 16.3. The lowest BCUT2D eigenvalue weighted by Gasteiger charge is -2.07. The first-order valence-electron chi connectivity index (χ1n) is 5.62. The van der Waals surface area contributed by atoms with Crippen LogP contribution in [0, 0.1) is 0 Å². The Bertz CT molecular complexity index is 549. The lowest BCUT2D eigenvalue weighted by Crippen LogP contribution is -2.22. The predicted octanol–water partition coefficient (Wildman–Crippen LogP) is 2.22. The van der Waals surface area contributed by atoms with E-state index in [4.69, 9.17) is 0 Å². The van der Waals surface area contributed by atoms with Gasteiger partial charge in [-0.1, -0.05) is 24.3 Å². The van der Waals surface area contributed by atoms with E-state index in [1.54, 1.807) is 12.1 Å². The standard InChI is InChI=1S/C14H15NO2/c1-10(16)15-8-7-12-4-2-3-11-5-6-13(17)9-14(11)12/h2-6,9,17H,7-8H2,1H3,(H,15,16). The third kappa shape index (κ3) is 2.75. The number of fused-ring (bicyclic) bond motifs is 1. The number of hydrogen-bond acceptors (Lipinski definition) is 2. The summed E-state index contributed by atoms with van der Waals surface area (Å²) < 4.78 is 0. The van der Waals surface area contributed by atoms with Crippen LogP contribution in [0.5, 0.6) is 5.75 Å². The molecule has 0 unspecified atom stereocenters. The molecule has 0 atom stereocenters. The lowest BCUT2D eigenvalue weighted by atomic mass is 10.0. The van der Waals surface area contributed by atoms with E-state index < -0.39 is 0 Å². The molecule has 0 spiro atoms. The molecule has 0 aromatic heterocycles. The fourth-order valence-electron chi connectivity index (χ4n) is 1.92. The van der Waals surface area contributed by atoms with Gasteiger partial charge in [-0.15, -0.1) is 0 Å². The van der Waals surface area contributed by atoms with Crippen molar-refractivity contribution in [2.24, 2.45) is 0 Å². The Morgan fingerprint density at radius 1 is 1.29 bits per heavy atom. The fraction of sp³-hybridized carbons (Fsp3) is 0.214. The molecule has 3 nitrogen and oxygen atoms in total. The highest BCUT2D eigenvalue weighted by Crippen LogP contribution is 2.23. The monoisotopic (exact) mass is 229 g/mol. The number of rotatable bonds is 3. The number of carbonyl (C=O) groups is 1. The number of phenols is 1. The Morgan fingerprint density at radius 2 is 2.12 bits per heavy atom. The average molecular weight is 229 g/mol. The summed E-state index contributed by atoms with van der Waals surface area (Å²) in [5, 5.41) is 14.4. The molecule has 3 heteroatoms. The van der Waals surface area contributed by atoms with Gasteiger partial charge in [0.15, 0.2) is 0 Å². The summed E-state index contributed by atoms with van der Waals surface area (Å²) >= 11 is 0. The first kappa shape index (κ1) is 11.5. The summed E-state index contributed by atoms with van der Waals surface area (Å²) in [5.74, 6) is 0.248. The minimum Gasteiger partial charge on any atom is -0.508 e. The molecule has 2 rings (SSSR count). The van der Waals surface area contributed by atoms with Crippen LogP contribution in [0.25, 0.3) is 10.8 Å². The zero-order valence-electron chi connectivity index (χ0n) is 9.73. The van der Waals surface area contributed by atoms with Crippen molar-refractivity contribution in [3.05, 3.63) is 42.0 Å². The topological polar surface area (TPSA) is 49.3 Å². The van der Waals surface area contributed by atoms with Gasteiger partial charge in [0, 0.05) is 13.5 Å². The summed E-state index contributed by atoms with van der Waals surface area (Å²) in [5.41, 5.74) is 1.13. The molecule has 0 radical (unpaired) electrons. The first-order valence-corrected chi connectivity index (χ1v) is 5.62. The Balaban J connectivity index is 2.27. The maximum atomic E-state index is 10.8. The van der Waals surface area contributed by atoms with Gasteiger partial charge in [-0.2, -0.15) is 0 Å². The zero-order chi connectivity index (χ0) is 12.3. The molecular weight excluding hydrogens is 214 g/mol. The number of nitrogens with one attached hydrogen (secondary N) is 1. The average Bonchev–Trinajstić information content (AvgIpc) is 2.29. The minimum atomic E-state index is -0.0203. The number of aromatic hydroxyl groups is 1. The van der Waals surface area contributed by atoms with Crippen LogP contribution in [-0.4, -0.2) is 17.6 Å². The highest BCUT2D eigenvalue weighted by Gasteiger charge is 2.02. The van der Waals surface area contributed by atoms with Crippen molar-refractivity contribution in [1.82, 2.24) is 5.32 Å². The molecule has 0 fully saturated rings. The summed E-state index contributed by atoms with van der Waals surface area (Å²) in [7, 11) is 0. The van der Waals surface area contributed by atoms with Crippen LogP contribution in [0.1, 0.15) is 12.5 Å². The molecule has 0 heterocycles. The molecule has 0 saturated heterocycles. The maximum Gasteiger partial charge on any atom is 0.216 e. The summed E-state index contributed by atoms with van der Waals surface area (Å²) in [6, 6.07) is 11.4. The summed E-state index contributed by atoms with van der Waals surface area (Å²) in [6.07, 6.45) is 0.764. The SMILES string of the molecule is CC(=O)NCCc1cccc2ccc(O)cc12. The van der Waals surface area contributed by atoms with E-state index in [1.807, 2.05) is 24.3 Å². The Morgan fingerprint density at radius 3 is 2.88 bits per heavy atom. The number of benzene rings is 2. The van der Waals surface area contributed by atoms with Gasteiger partial charge in [-0.25, -0.2) is 0 Å². The van der Waals surface area contributed by atoms with Gasteiger partial charge in [-0.3, -0.25) is 4.79 Å². The molecule has 1 amide bonds. The smallest absolute Gasteiger partial charge is 0.216 e. The van der Waals surface area contributed by atoms with Crippen LogP contribution >= 0.6 is 0 Å². The fourth-order valence-corrected chi connectivity index (χ4v) is 1.92. The van der Waals surface area contributed by atoms with E-state index in [-0.39, 0.29) is 11.7 Å². The van der Waals surface area contributed by atoms with Crippen LogP contribution in [0.3, 0.4) is 0 Å². The molecule has 0 saturated carbocycles. The third-order valence-electron chi connectivity index (χ3n) is 2.72. The lowest BCUT2D eigenvalue weighted by molar-refractivity contribution is -0.118. The molecule has 2 aromatic carbocycles. The molecular formula is C14H15NO2. The predicted molar refractivity (Wildman–Crippen MR) is 68.0 cm³/mol. The Kier molecular flexibility index (Phi) is 3.28. The molecule has 0 bridgehead atoms. The van der Waals surface area contributed by atoms with Crippen LogP contribution < -0.4 is 5.32 Å². The summed E-state index contributed by atoms with van der Waals surface area (Å²) in [6.45, 7) is 2.12. The highest BCUT2D eigenvalue weighted by molar-refractivity contribution is 5.87. The number of carbonyl (C=O) groups excluding carboxylic acids is 1. The zero-order valence-corrected chi connectivity index (χ0v) is 9.73. The molecule has 88 valence electrons. The second kappa shape index (κ2) is 4.87. The Labute approximate surface area is 100 Å². The Hall–Kier alpha value is -2.03. The van der Waals surface area contributed by atoms with Crippen LogP contribution in [0.15, 0.2) is 36.4 Å². The van der Waals surface area contributed by atoms with E-state index in [1.165, 1.54) is 6.92 Å². The van der Waals surface area contributed by atoms with Crippen molar-refractivity contribution in [1.29, 1.82) is 0 Å². The van der Waals surface area contributed by atoms with Crippen molar-refractivity contribution in [3.63, 3.8) is 0 Å². The van der Waals surface area contributed by atoms with Crippen LogP contribution in [0.2, 0.25) is 0 Å². The van der Waals surface area contributed by atoms with E-state index in [2.05, 4.69) is 5.32 Å². The minimum absolute atomic E-state index is 0.0203. The number of amides is 1. The largest absolute Gasteiger partial charge is 0.508 e. The van der Waals surface area contributed by atoms with Crippen molar-refractivity contribution >= 4 is 16.7 Å². The van der Waals surface area contributed by atoms with Crippen LogP contribution in [-0.2, 0) is 11.2 Å². The summed E-state index contributed by atoms with van der Waals surface area (Å²) in [4.78, 5) is 10.8. The van der Waals surface area contributed by atoms with Gasteiger partial charge < -0.3 is 10.4 Å². The second-order valence-corrected chi connectivity index (χ2v) is 4.06. The van der Waals surface area contributed by atoms with Crippen molar-refractivity contribution in [2.75, 3.05) is 6.54 Å². The van der Waals surface area contributed by atoms with Gasteiger partial charge >= 0.3 is 0 Å². The molecule has 17 heavy (non-hydrogen) atoms. The van der Waals surface area contributed by atoms with Gasteiger partial charge in [-0.05, 0) is 34.9 Å². The van der Waals surface area contributed by atoms with Crippen molar-refractivity contribution in [3.8, 4) is 5.75 Å². The number of phenolic OH excluding ortho intramolecular Hbond substituents is 1. The van der Waals surface area contributed by atoms with Crippen molar-refractivity contribution in [2.45, 2.75) is 13.3 Å². The van der Waals surface area contributed by atoms with Gasteiger partial charge in [0.1, 0.15) is 5.75 Å². The maximum absolute atomic E-state index is 10.8. The van der Waals surface area contributed by atoms with Gasteiger partial charge in [0.25, 0.3) is 0 Å². The first-order chi connectivity index (χ1) is 8.16. The second-order valence-electron chi connectivity index (χ2n) is 4.06. The van der Waals surface area contributed by atoms with E-state index in [9.17, 15) is 9.90 Å². The normalized spacial score (nSPS) is 10.4. The quantitative estimate of drug-likeness (QED) is 0.847. The van der Waals surface area contributed by atoms with E-state index in [0.29, 0.717) is 6.54 Å². The molecule has 2 N–H and O–H groups in total. The van der Waals surface area contributed by atoms with E-state index in [0.717, 1.165) is 22.8 Å². The van der Waals surface area contributed by atoms with Gasteiger partial charge in [0.2, 0.25) is 5.91 Å². The van der Waals surface area contributed by atoms with Crippen LogP contribution in [0.4, 0.5) is 0 Å². The number of hydrogen-bond donors (Lipinski definition) is 2. The van der Waals surface area contributed by atoms with Gasteiger partial charge in [0.05, 0.1) is 0 Å².